The maximum Gasteiger partial charge on any atom is 0.262 e. The van der Waals surface area contributed by atoms with Crippen LogP contribution in [-0.4, -0.2) is 22.7 Å². The zero-order valence-corrected chi connectivity index (χ0v) is 12.8. The van der Waals surface area contributed by atoms with E-state index in [1.165, 1.54) is 12.1 Å². The van der Waals surface area contributed by atoms with E-state index in [9.17, 15) is 9.18 Å². The summed E-state index contributed by atoms with van der Waals surface area (Å²) < 4.78 is 24.1. The van der Waals surface area contributed by atoms with Gasteiger partial charge in [-0.3, -0.25) is 4.79 Å². The average Bonchev–Trinajstić information content (AvgIpc) is 3.02. The summed E-state index contributed by atoms with van der Waals surface area (Å²) in [6.07, 6.45) is 0. The topological polar surface area (TPSA) is 77.2 Å². The summed E-state index contributed by atoms with van der Waals surface area (Å²) in [4.78, 5) is 16.1. The van der Waals surface area contributed by atoms with Crippen molar-refractivity contribution in [1.29, 1.82) is 0 Å². The van der Waals surface area contributed by atoms with Gasteiger partial charge in [-0.1, -0.05) is 29.4 Å². The molecular weight excluding hydrogens is 313 g/mol. The number of ether oxygens (including phenoxy) is 1. The number of benzene rings is 2. The highest BCUT2D eigenvalue weighted by molar-refractivity contribution is 5.92. The van der Waals surface area contributed by atoms with Crippen LogP contribution in [0.15, 0.2) is 53.1 Å². The normalized spacial score (nSPS) is 10.4. The number of aryl methyl sites for hydroxylation is 1. The lowest BCUT2D eigenvalue weighted by molar-refractivity contribution is -0.118. The molecule has 1 N–H and O–H groups in total. The van der Waals surface area contributed by atoms with Gasteiger partial charge in [0, 0.05) is 0 Å². The zero-order chi connectivity index (χ0) is 16.9. The molecule has 0 saturated carbocycles. The molecule has 0 aliphatic rings. The number of amides is 1. The fourth-order valence-electron chi connectivity index (χ4n) is 2.07. The fourth-order valence-corrected chi connectivity index (χ4v) is 2.07. The second kappa shape index (κ2) is 6.91. The molecule has 0 unspecified atom stereocenters. The lowest BCUT2D eigenvalue weighted by Gasteiger charge is -2.10. The summed E-state index contributed by atoms with van der Waals surface area (Å²) in [6, 6.07) is 12.9. The standard InChI is InChI=1S/C17H14FN3O3/c1-11-19-17(24-21-11)12-6-2-5-9-15(12)23-10-16(22)20-14-8-4-3-7-13(14)18/h2-9H,10H2,1H3,(H,20,22). The van der Waals surface area contributed by atoms with E-state index < -0.39 is 11.7 Å². The predicted molar refractivity (Wildman–Crippen MR) is 85.0 cm³/mol. The molecule has 1 heterocycles. The van der Waals surface area contributed by atoms with Gasteiger partial charge in [0.25, 0.3) is 11.8 Å². The molecule has 122 valence electrons. The zero-order valence-electron chi connectivity index (χ0n) is 12.8. The minimum absolute atomic E-state index is 0.104. The third-order valence-corrected chi connectivity index (χ3v) is 3.15. The van der Waals surface area contributed by atoms with Crippen LogP contribution in [0.3, 0.4) is 0 Å². The number of para-hydroxylation sites is 2. The van der Waals surface area contributed by atoms with Crippen LogP contribution in [0, 0.1) is 12.7 Å². The molecule has 24 heavy (non-hydrogen) atoms. The summed E-state index contributed by atoms with van der Waals surface area (Å²) in [5, 5.41) is 6.19. The molecule has 0 radical (unpaired) electrons. The molecule has 0 aliphatic heterocycles. The van der Waals surface area contributed by atoms with Crippen molar-refractivity contribution in [3.63, 3.8) is 0 Å². The van der Waals surface area contributed by atoms with Crippen molar-refractivity contribution < 1.29 is 18.4 Å². The van der Waals surface area contributed by atoms with Crippen LogP contribution in [0.1, 0.15) is 5.82 Å². The van der Waals surface area contributed by atoms with Gasteiger partial charge in [0.2, 0.25) is 0 Å². The molecule has 3 aromatic rings. The average molecular weight is 327 g/mol. The molecule has 3 rings (SSSR count). The van der Waals surface area contributed by atoms with Crippen LogP contribution in [0.4, 0.5) is 10.1 Å². The first-order valence-corrected chi connectivity index (χ1v) is 7.20. The van der Waals surface area contributed by atoms with E-state index in [0.29, 0.717) is 23.0 Å². The van der Waals surface area contributed by atoms with Crippen LogP contribution < -0.4 is 10.1 Å². The van der Waals surface area contributed by atoms with E-state index in [1.54, 1.807) is 43.3 Å². The first-order chi connectivity index (χ1) is 11.6. The van der Waals surface area contributed by atoms with Crippen molar-refractivity contribution in [2.24, 2.45) is 0 Å². The Bertz CT molecular complexity index is 864. The molecule has 0 aliphatic carbocycles. The van der Waals surface area contributed by atoms with Crippen LogP contribution in [-0.2, 0) is 4.79 Å². The Hall–Kier alpha value is -3.22. The lowest BCUT2D eigenvalue weighted by Crippen LogP contribution is -2.20. The van der Waals surface area contributed by atoms with Gasteiger partial charge in [0.05, 0.1) is 11.3 Å². The number of hydrogen-bond acceptors (Lipinski definition) is 5. The molecule has 0 fully saturated rings. The lowest BCUT2D eigenvalue weighted by atomic mass is 10.2. The number of hydrogen-bond donors (Lipinski definition) is 1. The van der Waals surface area contributed by atoms with Gasteiger partial charge < -0.3 is 14.6 Å². The second-order valence-electron chi connectivity index (χ2n) is 4.96. The van der Waals surface area contributed by atoms with E-state index in [2.05, 4.69) is 15.5 Å². The summed E-state index contributed by atoms with van der Waals surface area (Å²) in [5.74, 6) is 0.240. The molecule has 1 aromatic heterocycles. The first kappa shape index (κ1) is 15.7. The maximum atomic E-state index is 13.5. The second-order valence-corrected chi connectivity index (χ2v) is 4.96. The smallest absolute Gasteiger partial charge is 0.262 e. The number of aromatic nitrogens is 2. The first-order valence-electron chi connectivity index (χ1n) is 7.20. The van der Waals surface area contributed by atoms with Gasteiger partial charge in [-0.15, -0.1) is 0 Å². The van der Waals surface area contributed by atoms with Gasteiger partial charge in [0.15, 0.2) is 12.4 Å². The number of carbonyl (C=O) groups is 1. The SMILES string of the molecule is Cc1noc(-c2ccccc2OCC(=O)Nc2ccccc2F)n1. The molecular formula is C17H14FN3O3. The third kappa shape index (κ3) is 3.57. The fraction of sp³-hybridized carbons (Fsp3) is 0.118. The molecule has 0 bridgehead atoms. The Balaban J connectivity index is 1.69. The Morgan fingerprint density at radius 1 is 1.21 bits per heavy atom. The third-order valence-electron chi connectivity index (χ3n) is 3.15. The highest BCUT2D eigenvalue weighted by atomic mass is 19.1. The van der Waals surface area contributed by atoms with Crippen LogP contribution in [0.5, 0.6) is 5.75 Å². The Kier molecular flexibility index (Phi) is 4.51. The molecule has 0 atom stereocenters. The Morgan fingerprint density at radius 3 is 2.71 bits per heavy atom. The van der Waals surface area contributed by atoms with Crippen molar-refractivity contribution in [3.05, 3.63) is 60.2 Å². The molecule has 7 heteroatoms. The number of nitrogens with one attached hydrogen (secondary N) is 1. The van der Waals surface area contributed by atoms with E-state index in [4.69, 9.17) is 9.26 Å². The summed E-state index contributed by atoms with van der Waals surface area (Å²) in [6.45, 7) is 1.43. The number of carbonyl (C=O) groups excluding carboxylic acids is 1. The minimum Gasteiger partial charge on any atom is -0.483 e. The minimum atomic E-state index is -0.507. The Morgan fingerprint density at radius 2 is 1.96 bits per heavy atom. The van der Waals surface area contributed by atoms with E-state index in [-0.39, 0.29) is 12.3 Å². The van der Waals surface area contributed by atoms with E-state index >= 15 is 0 Å². The molecule has 1 amide bonds. The van der Waals surface area contributed by atoms with Crippen LogP contribution in [0.25, 0.3) is 11.5 Å². The molecule has 0 spiro atoms. The molecule has 2 aromatic carbocycles. The van der Waals surface area contributed by atoms with Gasteiger partial charge >= 0.3 is 0 Å². The summed E-state index contributed by atoms with van der Waals surface area (Å²) >= 11 is 0. The quantitative estimate of drug-likeness (QED) is 0.778. The highest BCUT2D eigenvalue weighted by Gasteiger charge is 2.14. The largest absolute Gasteiger partial charge is 0.483 e. The van der Waals surface area contributed by atoms with Crippen molar-refractivity contribution in [3.8, 4) is 17.2 Å². The van der Waals surface area contributed by atoms with Gasteiger partial charge in [-0.2, -0.15) is 4.98 Å². The van der Waals surface area contributed by atoms with Gasteiger partial charge in [-0.25, -0.2) is 4.39 Å². The number of nitrogens with zero attached hydrogens (tertiary/aromatic N) is 2. The van der Waals surface area contributed by atoms with Crippen molar-refractivity contribution in [2.75, 3.05) is 11.9 Å². The predicted octanol–water partition coefficient (Wildman–Crippen LogP) is 3.20. The van der Waals surface area contributed by atoms with Crippen LogP contribution >= 0.6 is 0 Å². The van der Waals surface area contributed by atoms with Gasteiger partial charge in [-0.05, 0) is 31.2 Å². The molecule has 0 saturated heterocycles. The van der Waals surface area contributed by atoms with Crippen LogP contribution in [0.2, 0.25) is 0 Å². The highest BCUT2D eigenvalue weighted by Crippen LogP contribution is 2.28. The maximum absolute atomic E-state index is 13.5. The number of anilines is 1. The Labute approximate surface area is 137 Å². The number of rotatable bonds is 5. The van der Waals surface area contributed by atoms with Gasteiger partial charge in [0.1, 0.15) is 11.6 Å². The number of halogens is 1. The van der Waals surface area contributed by atoms with Crippen molar-refractivity contribution in [2.45, 2.75) is 6.92 Å². The summed E-state index contributed by atoms with van der Waals surface area (Å²) in [7, 11) is 0. The van der Waals surface area contributed by atoms with E-state index in [0.717, 1.165) is 0 Å². The monoisotopic (exact) mass is 327 g/mol. The van der Waals surface area contributed by atoms with E-state index in [1.807, 2.05) is 0 Å². The summed E-state index contributed by atoms with van der Waals surface area (Å²) in [5.41, 5.74) is 0.684. The van der Waals surface area contributed by atoms with Crippen molar-refractivity contribution in [1.82, 2.24) is 10.1 Å². The molecule has 6 nitrogen and oxygen atoms in total. The van der Waals surface area contributed by atoms with Crippen molar-refractivity contribution >= 4 is 11.6 Å².